The fourth-order valence-electron chi connectivity index (χ4n) is 2.14. The molecule has 1 aromatic carbocycles. The van der Waals surface area contributed by atoms with Crippen LogP contribution in [0.25, 0.3) is 22.8 Å². The van der Waals surface area contributed by atoms with Gasteiger partial charge in [-0.25, -0.2) is 9.97 Å². The van der Waals surface area contributed by atoms with Gasteiger partial charge in [0.05, 0.1) is 5.69 Å². The van der Waals surface area contributed by atoms with Gasteiger partial charge in [0.1, 0.15) is 10.8 Å². The zero-order valence-electron chi connectivity index (χ0n) is 11.8. The Hall–Kier alpha value is -2.26. The Morgan fingerprint density at radius 2 is 1.71 bits per heavy atom. The Bertz CT molecular complexity index is 785. The van der Waals surface area contributed by atoms with Crippen LogP contribution in [0.2, 0.25) is 5.15 Å². The number of halogens is 1. The second-order valence-electron chi connectivity index (χ2n) is 4.90. The zero-order chi connectivity index (χ0) is 14.8. The highest BCUT2D eigenvalue weighted by Gasteiger charge is 2.13. The fraction of sp³-hybridized carbons (Fsp3) is 0.118. The maximum atomic E-state index is 6.28. The molecule has 0 saturated heterocycles. The van der Waals surface area contributed by atoms with Gasteiger partial charge >= 0.3 is 0 Å². The third-order valence-electron chi connectivity index (χ3n) is 3.28. The molecule has 3 aromatic rings. The molecule has 21 heavy (non-hydrogen) atoms. The van der Waals surface area contributed by atoms with Crippen LogP contribution >= 0.6 is 11.6 Å². The number of rotatable bonds is 2. The third-order valence-corrected chi connectivity index (χ3v) is 3.65. The van der Waals surface area contributed by atoms with E-state index in [2.05, 4.69) is 15.0 Å². The van der Waals surface area contributed by atoms with E-state index in [1.807, 2.05) is 56.3 Å². The molecule has 3 rings (SSSR count). The molecule has 0 N–H and O–H groups in total. The first kappa shape index (κ1) is 13.7. The minimum atomic E-state index is 0.460. The molecule has 3 nitrogen and oxygen atoms in total. The number of aromatic nitrogens is 3. The molecule has 0 atom stereocenters. The van der Waals surface area contributed by atoms with Gasteiger partial charge in [-0.15, -0.1) is 0 Å². The molecular formula is C17H14ClN3. The highest BCUT2D eigenvalue weighted by atomic mass is 35.5. The summed E-state index contributed by atoms with van der Waals surface area (Å²) in [6.45, 7) is 3.94. The molecule has 0 radical (unpaired) electrons. The molecule has 0 bridgehead atoms. The van der Waals surface area contributed by atoms with Crippen molar-refractivity contribution in [3.8, 4) is 22.8 Å². The smallest absolute Gasteiger partial charge is 0.180 e. The van der Waals surface area contributed by atoms with Crippen molar-refractivity contribution in [3.05, 3.63) is 64.9 Å². The van der Waals surface area contributed by atoms with Crippen LogP contribution < -0.4 is 0 Å². The molecule has 0 aliphatic heterocycles. The number of pyridine rings is 1. The van der Waals surface area contributed by atoms with Crippen LogP contribution in [0.5, 0.6) is 0 Å². The topological polar surface area (TPSA) is 38.7 Å². The predicted molar refractivity (Wildman–Crippen MR) is 85.2 cm³/mol. The fourth-order valence-corrected chi connectivity index (χ4v) is 2.31. The van der Waals surface area contributed by atoms with Gasteiger partial charge in [-0.3, -0.25) is 4.98 Å². The summed E-state index contributed by atoms with van der Waals surface area (Å²) in [5, 5.41) is 0.460. The maximum absolute atomic E-state index is 6.28. The summed E-state index contributed by atoms with van der Waals surface area (Å²) >= 11 is 6.28. The van der Waals surface area contributed by atoms with Gasteiger partial charge in [0.2, 0.25) is 0 Å². The van der Waals surface area contributed by atoms with E-state index in [0.29, 0.717) is 11.0 Å². The van der Waals surface area contributed by atoms with Crippen molar-refractivity contribution >= 4 is 11.6 Å². The largest absolute Gasteiger partial charge is 0.253 e. The quantitative estimate of drug-likeness (QED) is 0.654. The van der Waals surface area contributed by atoms with Gasteiger partial charge in [-0.05, 0) is 31.5 Å². The number of hydrogen-bond donors (Lipinski definition) is 0. The number of hydrogen-bond acceptors (Lipinski definition) is 3. The van der Waals surface area contributed by atoms with Gasteiger partial charge in [0.15, 0.2) is 5.82 Å². The van der Waals surface area contributed by atoms with Crippen LogP contribution in [-0.2, 0) is 0 Å². The Kier molecular flexibility index (Phi) is 3.67. The van der Waals surface area contributed by atoms with Crippen LogP contribution in [0.15, 0.2) is 48.7 Å². The van der Waals surface area contributed by atoms with Crippen molar-refractivity contribution in [2.75, 3.05) is 0 Å². The summed E-state index contributed by atoms with van der Waals surface area (Å²) in [7, 11) is 0. The second-order valence-corrected chi connectivity index (χ2v) is 5.25. The normalized spacial score (nSPS) is 10.6. The Balaban J connectivity index is 2.19. The lowest BCUT2D eigenvalue weighted by molar-refractivity contribution is 1.11. The first-order valence-electron chi connectivity index (χ1n) is 6.68. The summed E-state index contributed by atoms with van der Waals surface area (Å²) in [5.74, 6) is 0.549. The molecule has 2 heterocycles. The van der Waals surface area contributed by atoms with E-state index in [1.54, 1.807) is 6.20 Å². The van der Waals surface area contributed by atoms with Crippen molar-refractivity contribution in [1.82, 2.24) is 15.0 Å². The molecule has 0 fully saturated rings. The molecule has 0 aliphatic carbocycles. The monoisotopic (exact) mass is 295 g/mol. The van der Waals surface area contributed by atoms with Gasteiger partial charge in [0, 0.05) is 17.3 Å². The number of nitrogens with zero attached hydrogens (tertiary/aromatic N) is 3. The summed E-state index contributed by atoms with van der Waals surface area (Å²) in [5.41, 5.74) is 4.58. The summed E-state index contributed by atoms with van der Waals surface area (Å²) in [6, 6.07) is 13.9. The van der Waals surface area contributed by atoms with Crippen molar-refractivity contribution in [3.63, 3.8) is 0 Å². The lowest BCUT2D eigenvalue weighted by Crippen LogP contribution is -1.98. The van der Waals surface area contributed by atoms with Gasteiger partial charge in [-0.1, -0.05) is 41.9 Å². The molecule has 104 valence electrons. The lowest BCUT2D eigenvalue weighted by Gasteiger charge is -2.09. The maximum Gasteiger partial charge on any atom is 0.180 e. The Morgan fingerprint density at radius 1 is 0.952 bits per heavy atom. The standard InChI is InChI=1S/C17H14ClN3/c1-11-8-9-19-14(10-11)17-20-15(12(2)16(18)21-17)13-6-4-3-5-7-13/h3-10H,1-2H3. The molecule has 0 amide bonds. The van der Waals surface area contributed by atoms with Crippen LogP contribution in [0.3, 0.4) is 0 Å². The Morgan fingerprint density at radius 3 is 2.43 bits per heavy atom. The predicted octanol–water partition coefficient (Wildman–Crippen LogP) is 4.48. The summed E-state index contributed by atoms with van der Waals surface area (Å²) in [4.78, 5) is 13.4. The van der Waals surface area contributed by atoms with E-state index in [4.69, 9.17) is 11.6 Å². The summed E-state index contributed by atoms with van der Waals surface area (Å²) in [6.07, 6.45) is 1.75. The van der Waals surface area contributed by atoms with E-state index in [0.717, 1.165) is 28.1 Å². The summed E-state index contributed by atoms with van der Waals surface area (Å²) < 4.78 is 0. The molecule has 0 spiro atoms. The highest BCUT2D eigenvalue weighted by molar-refractivity contribution is 6.30. The van der Waals surface area contributed by atoms with Crippen molar-refractivity contribution in [2.45, 2.75) is 13.8 Å². The van der Waals surface area contributed by atoms with E-state index in [1.165, 1.54) is 0 Å². The van der Waals surface area contributed by atoms with Crippen LogP contribution in [-0.4, -0.2) is 15.0 Å². The molecule has 0 aliphatic rings. The van der Waals surface area contributed by atoms with Crippen molar-refractivity contribution < 1.29 is 0 Å². The Labute approximate surface area is 128 Å². The van der Waals surface area contributed by atoms with E-state index >= 15 is 0 Å². The van der Waals surface area contributed by atoms with Crippen molar-refractivity contribution in [2.24, 2.45) is 0 Å². The first-order valence-corrected chi connectivity index (χ1v) is 7.05. The lowest BCUT2D eigenvalue weighted by atomic mass is 10.1. The van der Waals surface area contributed by atoms with Gasteiger partial charge in [-0.2, -0.15) is 0 Å². The third kappa shape index (κ3) is 2.78. The second kappa shape index (κ2) is 5.62. The van der Waals surface area contributed by atoms with E-state index in [-0.39, 0.29) is 0 Å². The van der Waals surface area contributed by atoms with E-state index in [9.17, 15) is 0 Å². The minimum Gasteiger partial charge on any atom is -0.253 e. The van der Waals surface area contributed by atoms with Gasteiger partial charge < -0.3 is 0 Å². The first-order chi connectivity index (χ1) is 10.1. The molecule has 0 saturated carbocycles. The zero-order valence-corrected chi connectivity index (χ0v) is 12.6. The average molecular weight is 296 g/mol. The number of benzene rings is 1. The molecule has 2 aromatic heterocycles. The molecule has 4 heteroatoms. The van der Waals surface area contributed by atoms with Crippen LogP contribution in [0.4, 0.5) is 0 Å². The van der Waals surface area contributed by atoms with E-state index < -0.39 is 0 Å². The molecule has 0 unspecified atom stereocenters. The average Bonchev–Trinajstić information content (AvgIpc) is 2.51. The number of aryl methyl sites for hydroxylation is 1. The van der Waals surface area contributed by atoms with Gasteiger partial charge in [0.25, 0.3) is 0 Å². The minimum absolute atomic E-state index is 0.460. The van der Waals surface area contributed by atoms with Crippen molar-refractivity contribution in [1.29, 1.82) is 0 Å². The SMILES string of the molecule is Cc1ccnc(-c2nc(Cl)c(C)c(-c3ccccc3)n2)c1. The van der Waals surface area contributed by atoms with Crippen LogP contribution in [0.1, 0.15) is 11.1 Å². The highest BCUT2D eigenvalue weighted by Crippen LogP contribution is 2.28. The van der Waals surface area contributed by atoms with Crippen LogP contribution in [0, 0.1) is 13.8 Å². The molecular weight excluding hydrogens is 282 g/mol.